The molecule has 0 unspecified atom stereocenters. The fourth-order valence-corrected chi connectivity index (χ4v) is 3.05. The van der Waals surface area contributed by atoms with Gasteiger partial charge in [0.15, 0.2) is 0 Å². The first-order chi connectivity index (χ1) is 10.9. The van der Waals surface area contributed by atoms with E-state index in [0.29, 0.717) is 12.7 Å². The SMILES string of the molecule is C=CCOc1ccc2ccccc2c1C[NH2+]C[C@H]1CCCO1. The molecule has 1 aliphatic rings. The van der Waals surface area contributed by atoms with Crippen molar-refractivity contribution >= 4 is 10.8 Å². The van der Waals surface area contributed by atoms with Crippen molar-refractivity contribution in [3.8, 4) is 5.75 Å². The van der Waals surface area contributed by atoms with E-state index in [1.165, 1.54) is 29.2 Å². The van der Waals surface area contributed by atoms with Crippen LogP contribution in [0.2, 0.25) is 0 Å². The highest BCUT2D eigenvalue weighted by Crippen LogP contribution is 2.27. The number of quaternary nitrogens is 1. The van der Waals surface area contributed by atoms with Crippen molar-refractivity contribution in [1.29, 1.82) is 0 Å². The molecule has 1 saturated heterocycles. The van der Waals surface area contributed by atoms with E-state index in [1.807, 2.05) is 0 Å². The van der Waals surface area contributed by atoms with Crippen LogP contribution in [0.5, 0.6) is 5.75 Å². The Balaban J connectivity index is 1.78. The molecule has 1 heterocycles. The molecule has 1 atom stereocenters. The van der Waals surface area contributed by atoms with Gasteiger partial charge in [0.05, 0.1) is 5.56 Å². The first kappa shape index (κ1) is 15.1. The normalized spacial score (nSPS) is 17.7. The van der Waals surface area contributed by atoms with E-state index in [0.717, 1.165) is 25.4 Å². The maximum atomic E-state index is 5.85. The van der Waals surface area contributed by atoms with Crippen LogP contribution in [0.1, 0.15) is 18.4 Å². The quantitative estimate of drug-likeness (QED) is 0.798. The number of fused-ring (bicyclic) bond motifs is 1. The first-order valence-electron chi connectivity index (χ1n) is 8.06. The van der Waals surface area contributed by atoms with E-state index in [4.69, 9.17) is 9.47 Å². The lowest BCUT2D eigenvalue weighted by Crippen LogP contribution is -2.84. The number of hydrogen-bond acceptors (Lipinski definition) is 2. The minimum atomic E-state index is 0.410. The molecule has 3 heteroatoms. The molecular formula is C19H24NO2+. The van der Waals surface area contributed by atoms with Crippen LogP contribution in [0.4, 0.5) is 0 Å². The lowest BCUT2D eigenvalue weighted by Gasteiger charge is -2.14. The van der Waals surface area contributed by atoms with Gasteiger partial charge in [-0.05, 0) is 29.7 Å². The summed E-state index contributed by atoms with van der Waals surface area (Å²) >= 11 is 0. The summed E-state index contributed by atoms with van der Waals surface area (Å²) in [7, 11) is 0. The number of benzene rings is 2. The second-order valence-electron chi connectivity index (χ2n) is 5.73. The molecular weight excluding hydrogens is 274 g/mol. The smallest absolute Gasteiger partial charge is 0.129 e. The van der Waals surface area contributed by atoms with Crippen LogP contribution in [-0.4, -0.2) is 25.9 Å². The van der Waals surface area contributed by atoms with Gasteiger partial charge in [-0.2, -0.15) is 0 Å². The number of rotatable bonds is 7. The average Bonchev–Trinajstić information content (AvgIpc) is 3.07. The van der Waals surface area contributed by atoms with Gasteiger partial charge in [-0.1, -0.05) is 43.0 Å². The van der Waals surface area contributed by atoms with Crippen LogP contribution in [0.25, 0.3) is 10.8 Å². The van der Waals surface area contributed by atoms with E-state index < -0.39 is 0 Å². The molecule has 0 aliphatic carbocycles. The molecule has 22 heavy (non-hydrogen) atoms. The summed E-state index contributed by atoms with van der Waals surface area (Å²) in [6, 6.07) is 12.7. The summed E-state index contributed by atoms with van der Waals surface area (Å²) in [4.78, 5) is 0. The highest BCUT2D eigenvalue weighted by molar-refractivity contribution is 5.87. The van der Waals surface area contributed by atoms with Gasteiger partial charge < -0.3 is 14.8 Å². The van der Waals surface area contributed by atoms with Crippen LogP contribution >= 0.6 is 0 Å². The third-order valence-electron chi connectivity index (χ3n) is 4.16. The maximum Gasteiger partial charge on any atom is 0.129 e. The first-order valence-corrected chi connectivity index (χ1v) is 8.06. The molecule has 3 nitrogen and oxygen atoms in total. The van der Waals surface area contributed by atoms with Crippen LogP contribution in [-0.2, 0) is 11.3 Å². The molecule has 3 rings (SSSR count). The molecule has 0 amide bonds. The summed E-state index contributed by atoms with van der Waals surface area (Å²) in [6.07, 6.45) is 4.58. The van der Waals surface area contributed by atoms with Crippen molar-refractivity contribution in [2.75, 3.05) is 19.8 Å². The molecule has 0 aromatic heterocycles. The van der Waals surface area contributed by atoms with Gasteiger partial charge in [0, 0.05) is 6.61 Å². The molecule has 1 fully saturated rings. The number of nitrogens with two attached hydrogens (primary N) is 1. The van der Waals surface area contributed by atoms with E-state index >= 15 is 0 Å². The van der Waals surface area contributed by atoms with Gasteiger partial charge >= 0.3 is 0 Å². The zero-order chi connectivity index (χ0) is 15.2. The predicted molar refractivity (Wildman–Crippen MR) is 89.1 cm³/mol. The summed E-state index contributed by atoms with van der Waals surface area (Å²) < 4.78 is 11.5. The Morgan fingerprint density at radius 2 is 2.18 bits per heavy atom. The summed E-state index contributed by atoms with van der Waals surface area (Å²) in [5.74, 6) is 0.960. The zero-order valence-corrected chi connectivity index (χ0v) is 13.0. The molecule has 2 aromatic carbocycles. The van der Waals surface area contributed by atoms with Crippen LogP contribution in [0, 0.1) is 0 Å². The van der Waals surface area contributed by atoms with Crippen molar-refractivity contribution in [3.63, 3.8) is 0 Å². The van der Waals surface area contributed by atoms with Gasteiger partial charge in [-0.15, -0.1) is 0 Å². The van der Waals surface area contributed by atoms with Crippen LogP contribution in [0.3, 0.4) is 0 Å². The topological polar surface area (TPSA) is 35.1 Å². The Morgan fingerprint density at radius 1 is 1.27 bits per heavy atom. The minimum Gasteiger partial charge on any atom is -0.489 e. The monoisotopic (exact) mass is 298 g/mol. The van der Waals surface area contributed by atoms with Crippen molar-refractivity contribution < 1.29 is 14.8 Å². The Labute approximate surface area is 131 Å². The number of ether oxygens (including phenoxy) is 2. The Bertz CT molecular complexity index is 632. The van der Waals surface area contributed by atoms with Gasteiger partial charge in [-0.25, -0.2) is 0 Å². The summed E-state index contributed by atoms with van der Waals surface area (Å²) in [5, 5.41) is 4.86. The molecule has 0 spiro atoms. The zero-order valence-electron chi connectivity index (χ0n) is 13.0. The molecule has 1 aliphatic heterocycles. The maximum absolute atomic E-state index is 5.85. The Morgan fingerprint density at radius 3 is 3.00 bits per heavy atom. The molecule has 0 radical (unpaired) electrons. The van der Waals surface area contributed by atoms with Crippen molar-refractivity contribution in [2.45, 2.75) is 25.5 Å². The van der Waals surface area contributed by atoms with Crippen molar-refractivity contribution in [3.05, 3.63) is 54.6 Å². The van der Waals surface area contributed by atoms with Crippen molar-refractivity contribution in [2.24, 2.45) is 0 Å². The third-order valence-corrected chi connectivity index (χ3v) is 4.16. The van der Waals surface area contributed by atoms with Gasteiger partial charge in [0.25, 0.3) is 0 Å². The van der Waals surface area contributed by atoms with E-state index in [9.17, 15) is 0 Å². The van der Waals surface area contributed by atoms with Crippen molar-refractivity contribution in [1.82, 2.24) is 0 Å². The third kappa shape index (κ3) is 3.49. The highest BCUT2D eigenvalue weighted by atomic mass is 16.5. The lowest BCUT2D eigenvalue weighted by atomic mass is 10.0. The molecule has 116 valence electrons. The highest BCUT2D eigenvalue weighted by Gasteiger charge is 2.18. The van der Waals surface area contributed by atoms with E-state index in [1.54, 1.807) is 6.08 Å². The van der Waals surface area contributed by atoms with E-state index in [2.05, 4.69) is 48.3 Å². The van der Waals surface area contributed by atoms with Gasteiger partial charge in [-0.3, -0.25) is 0 Å². The molecule has 2 N–H and O–H groups in total. The van der Waals surface area contributed by atoms with Gasteiger partial charge in [0.1, 0.15) is 31.5 Å². The fourth-order valence-electron chi connectivity index (χ4n) is 3.05. The second kappa shape index (κ2) is 7.43. The van der Waals surface area contributed by atoms with Gasteiger partial charge in [0.2, 0.25) is 0 Å². The summed E-state index contributed by atoms with van der Waals surface area (Å²) in [6.45, 7) is 7.12. The van der Waals surface area contributed by atoms with Crippen LogP contribution in [0.15, 0.2) is 49.1 Å². The summed E-state index contributed by atoms with van der Waals surface area (Å²) in [5.41, 5.74) is 1.26. The standard InChI is InChI=1S/C19H23NO2/c1-2-11-22-19-10-9-15-6-3-4-8-17(15)18(19)14-20-13-16-7-5-12-21-16/h2-4,6,8-10,16,20H,1,5,7,11-14H2/p+1/t16-/m1/s1. The van der Waals surface area contributed by atoms with E-state index in [-0.39, 0.29) is 0 Å². The second-order valence-corrected chi connectivity index (χ2v) is 5.73. The largest absolute Gasteiger partial charge is 0.489 e. The fraction of sp³-hybridized carbons (Fsp3) is 0.368. The Kier molecular flexibility index (Phi) is 5.09. The molecule has 2 aromatic rings. The average molecular weight is 298 g/mol. The Hall–Kier alpha value is -1.84. The molecule has 0 saturated carbocycles. The van der Waals surface area contributed by atoms with Crippen LogP contribution < -0.4 is 10.1 Å². The minimum absolute atomic E-state index is 0.410. The lowest BCUT2D eigenvalue weighted by molar-refractivity contribution is -0.676. The molecule has 0 bridgehead atoms. The predicted octanol–water partition coefficient (Wildman–Crippen LogP) is 2.65. The number of hydrogen-bond donors (Lipinski definition) is 1.